The summed E-state index contributed by atoms with van der Waals surface area (Å²) in [6.07, 6.45) is -2.92. The summed E-state index contributed by atoms with van der Waals surface area (Å²) in [5, 5.41) is 26.5. The molecule has 1 aliphatic heterocycles. The molecule has 1 heterocycles. The van der Waals surface area contributed by atoms with Crippen LogP contribution in [0.2, 0.25) is 0 Å². The Labute approximate surface area is 65.9 Å². The van der Waals surface area contributed by atoms with Crippen LogP contribution in [-0.4, -0.2) is 46.8 Å². The molecule has 0 amide bonds. The second-order valence-electron chi connectivity index (χ2n) is 2.16. The number of hydrogen-bond acceptors (Lipinski definition) is 4. The number of ether oxygens (including phenoxy) is 1. The van der Waals surface area contributed by atoms with Crippen molar-refractivity contribution in [1.82, 2.24) is 0 Å². The van der Waals surface area contributed by atoms with Gasteiger partial charge in [-0.2, -0.15) is 13.5 Å². The highest BCUT2D eigenvalue weighted by Crippen LogP contribution is 2.07. The number of aliphatic hydroxyl groups is 3. The molecule has 3 atom stereocenters. The first-order valence-corrected chi connectivity index (χ1v) is 2.84. The standard InChI is InChI=1S/C5H10O4.H2S/c6-3-1-9-2-4(7)5(3)8;/h3-8H,1-2H2;1H2/t3-,4+,5?;. The predicted molar refractivity (Wildman–Crippen MR) is 39.2 cm³/mol. The smallest absolute Gasteiger partial charge is 0.110 e. The number of hydrogen-bond donors (Lipinski definition) is 3. The lowest BCUT2D eigenvalue weighted by Gasteiger charge is -2.27. The van der Waals surface area contributed by atoms with E-state index in [0.717, 1.165) is 0 Å². The van der Waals surface area contributed by atoms with E-state index in [1.807, 2.05) is 0 Å². The highest BCUT2D eigenvalue weighted by molar-refractivity contribution is 7.59. The molecule has 0 bridgehead atoms. The summed E-state index contributed by atoms with van der Waals surface area (Å²) in [4.78, 5) is 0. The maximum absolute atomic E-state index is 8.87. The molecule has 0 aromatic rings. The van der Waals surface area contributed by atoms with E-state index >= 15 is 0 Å². The monoisotopic (exact) mass is 168 g/mol. The van der Waals surface area contributed by atoms with Gasteiger partial charge in [-0.1, -0.05) is 0 Å². The Kier molecular flexibility index (Phi) is 4.23. The first-order valence-electron chi connectivity index (χ1n) is 2.84. The summed E-state index contributed by atoms with van der Waals surface area (Å²) >= 11 is 0. The minimum atomic E-state index is -1.04. The van der Waals surface area contributed by atoms with E-state index < -0.39 is 18.3 Å². The fourth-order valence-corrected chi connectivity index (χ4v) is 0.763. The molecule has 0 spiro atoms. The van der Waals surface area contributed by atoms with E-state index in [0.29, 0.717) is 0 Å². The molecule has 1 unspecified atom stereocenters. The summed E-state index contributed by atoms with van der Waals surface area (Å²) in [6.45, 7) is 0.219. The zero-order valence-electron chi connectivity index (χ0n) is 5.40. The Morgan fingerprint density at radius 2 is 1.40 bits per heavy atom. The summed E-state index contributed by atoms with van der Waals surface area (Å²) in [5.41, 5.74) is 0. The van der Waals surface area contributed by atoms with Crippen molar-refractivity contribution >= 4 is 13.5 Å². The van der Waals surface area contributed by atoms with Crippen LogP contribution in [0.15, 0.2) is 0 Å². The van der Waals surface area contributed by atoms with Crippen LogP contribution in [0.25, 0.3) is 0 Å². The third kappa shape index (κ3) is 2.10. The molecule has 0 aromatic carbocycles. The van der Waals surface area contributed by atoms with Gasteiger partial charge < -0.3 is 20.1 Å². The summed E-state index contributed by atoms with van der Waals surface area (Å²) in [5.74, 6) is 0. The lowest BCUT2D eigenvalue weighted by Crippen LogP contribution is -2.47. The minimum Gasteiger partial charge on any atom is -0.388 e. The van der Waals surface area contributed by atoms with E-state index in [-0.39, 0.29) is 26.7 Å². The van der Waals surface area contributed by atoms with Gasteiger partial charge in [-0.05, 0) is 0 Å². The van der Waals surface area contributed by atoms with Gasteiger partial charge in [0.2, 0.25) is 0 Å². The zero-order chi connectivity index (χ0) is 6.85. The van der Waals surface area contributed by atoms with Gasteiger partial charge in [-0.15, -0.1) is 0 Å². The Morgan fingerprint density at radius 1 is 1.00 bits per heavy atom. The molecule has 0 radical (unpaired) electrons. The molecule has 4 nitrogen and oxygen atoms in total. The van der Waals surface area contributed by atoms with E-state index in [1.54, 1.807) is 0 Å². The molecular weight excluding hydrogens is 156 g/mol. The second kappa shape index (κ2) is 4.15. The summed E-state index contributed by atoms with van der Waals surface area (Å²) < 4.78 is 4.70. The van der Waals surface area contributed by atoms with Gasteiger partial charge in [0.1, 0.15) is 18.3 Å². The number of rotatable bonds is 0. The fraction of sp³-hybridized carbons (Fsp3) is 1.00. The summed E-state index contributed by atoms with van der Waals surface area (Å²) in [7, 11) is 0. The van der Waals surface area contributed by atoms with Crippen LogP contribution in [0.1, 0.15) is 0 Å². The third-order valence-corrected chi connectivity index (χ3v) is 1.37. The van der Waals surface area contributed by atoms with Crippen LogP contribution in [-0.2, 0) is 4.74 Å². The van der Waals surface area contributed by atoms with Crippen LogP contribution in [0.4, 0.5) is 0 Å². The highest BCUT2D eigenvalue weighted by atomic mass is 32.1. The third-order valence-electron chi connectivity index (χ3n) is 1.37. The van der Waals surface area contributed by atoms with Crippen molar-refractivity contribution in [2.45, 2.75) is 18.3 Å². The Balaban J connectivity index is 0.000000810. The van der Waals surface area contributed by atoms with Gasteiger partial charge in [-0.25, -0.2) is 0 Å². The predicted octanol–water partition coefficient (Wildman–Crippen LogP) is -1.79. The lowest BCUT2D eigenvalue weighted by atomic mass is 10.1. The molecule has 1 fully saturated rings. The minimum absolute atomic E-state index is 0. The molecule has 1 saturated heterocycles. The van der Waals surface area contributed by atoms with Crippen LogP contribution in [0.3, 0.4) is 0 Å². The fourth-order valence-electron chi connectivity index (χ4n) is 0.763. The average Bonchev–Trinajstić information content (AvgIpc) is 1.83. The topological polar surface area (TPSA) is 69.9 Å². The molecule has 5 heteroatoms. The van der Waals surface area contributed by atoms with Crippen LogP contribution in [0, 0.1) is 0 Å². The van der Waals surface area contributed by atoms with Crippen molar-refractivity contribution in [2.24, 2.45) is 0 Å². The van der Waals surface area contributed by atoms with Gasteiger partial charge in [0, 0.05) is 0 Å². The first-order chi connectivity index (χ1) is 4.22. The molecule has 10 heavy (non-hydrogen) atoms. The van der Waals surface area contributed by atoms with Crippen molar-refractivity contribution in [3.05, 3.63) is 0 Å². The Bertz CT molecular complexity index is 89.6. The van der Waals surface area contributed by atoms with E-state index in [1.165, 1.54) is 0 Å². The SMILES string of the molecule is OC1[C@H](O)COC[C@@H]1O.S. The van der Waals surface area contributed by atoms with Gasteiger partial charge in [0.05, 0.1) is 13.2 Å². The van der Waals surface area contributed by atoms with Crippen molar-refractivity contribution < 1.29 is 20.1 Å². The highest BCUT2D eigenvalue weighted by Gasteiger charge is 2.29. The number of aliphatic hydroxyl groups excluding tert-OH is 3. The molecule has 0 saturated carbocycles. The van der Waals surface area contributed by atoms with Crippen molar-refractivity contribution in [3.63, 3.8) is 0 Å². The maximum Gasteiger partial charge on any atom is 0.110 e. The van der Waals surface area contributed by atoms with Crippen molar-refractivity contribution in [1.29, 1.82) is 0 Å². The average molecular weight is 168 g/mol. The Morgan fingerprint density at radius 3 is 1.70 bits per heavy atom. The van der Waals surface area contributed by atoms with Crippen molar-refractivity contribution in [2.75, 3.05) is 13.2 Å². The van der Waals surface area contributed by atoms with Gasteiger partial charge in [0.25, 0.3) is 0 Å². The molecule has 1 aliphatic rings. The maximum atomic E-state index is 8.87. The molecular formula is C5H12O4S. The van der Waals surface area contributed by atoms with E-state index in [9.17, 15) is 0 Å². The zero-order valence-corrected chi connectivity index (χ0v) is 6.40. The Hall–Kier alpha value is 0.190. The van der Waals surface area contributed by atoms with Gasteiger partial charge >= 0.3 is 0 Å². The molecule has 1 rings (SSSR count). The molecule has 0 aromatic heterocycles. The van der Waals surface area contributed by atoms with Crippen LogP contribution < -0.4 is 0 Å². The lowest BCUT2D eigenvalue weighted by molar-refractivity contribution is -0.150. The second-order valence-corrected chi connectivity index (χ2v) is 2.16. The van der Waals surface area contributed by atoms with Gasteiger partial charge in [0.15, 0.2) is 0 Å². The normalized spacial score (nSPS) is 40.5. The largest absolute Gasteiger partial charge is 0.388 e. The molecule has 3 N–H and O–H groups in total. The first kappa shape index (κ1) is 10.2. The van der Waals surface area contributed by atoms with Crippen LogP contribution >= 0.6 is 13.5 Å². The van der Waals surface area contributed by atoms with Gasteiger partial charge in [-0.3, -0.25) is 0 Å². The molecule has 0 aliphatic carbocycles. The van der Waals surface area contributed by atoms with E-state index in [2.05, 4.69) is 0 Å². The van der Waals surface area contributed by atoms with Crippen LogP contribution in [0.5, 0.6) is 0 Å². The van der Waals surface area contributed by atoms with E-state index in [4.69, 9.17) is 20.1 Å². The van der Waals surface area contributed by atoms with Crippen molar-refractivity contribution in [3.8, 4) is 0 Å². The quantitative estimate of drug-likeness (QED) is 0.399. The summed E-state index contributed by atoms with van der Waals surface area (Å²) in [6, 6.07) is 0. The molecule has 62 valence electrons.